The summed E-state index contributed by atoms with van der Waals surface area (Å²) in [6, 6.07) is 0. The monoisotopic (exact) mass is 289 g/mol. The van der Waals surface area contributed by atoms with Crippen LogP contribution >= 0.6 is 0 Å². The fourth-order valence-electron chi connectivity index (χ4n) is 3.44. The molecule has 19 heavy (non-hydrogen) atoms. The molecule has 4 nitrogen and oxygen atoms in total. The van der Waals surface area contributed by atoms with E-state index in [4.69, 9.17) is 4.74 Å². The second-order valence-electron chi connectivity index (χ2n) is 6.05. The van der Waals surface area contributed by atoms with Gasteiger partial charge in [-0.25, -0.2) is 8.42 Å². The van der Waals surface area contributed by atoms with Crippen LogP contribution in [0.5, 0.6) is 0 Å². The zero-order valence-electron chi connectivity index (χ0n) is 11.9. The van der Waals surface area contributed by atoms with E-state index in [-0.39, 0.29) is 0 Å². The molecule has 2 fully saturated rings. The maximum atomic E-state index is 11.6. The predicted octanol–water partition coefficient (Wildman–Crippen LogP) is 1.61. The van der Waals surface area contributed by atoms with Gasteiger partial charge in [0.2, 0.25) is 0 Å². The summed E-state index contributed by atoms with van der Waals surface area (Å²) in [6.07, 6.45) is 7.14. The van der Waals surface area contributed by atoms with Gasteiger partial charge in [-0.3, -0.25) is 0 Å². The molecule has 2 rings (SSSR count). The minimum absolute atomic E-state index is 0.363. The molecule has 1 N–H and O–H groups in total. The quantitative estimate of drug-likeness (QED) is 0.773. The van der Waals surface area contributed by atoms with Crippen molar-refractivity contribution < 1.29 is 13.2 Å². The van der Waals surface area contributed by atoms with Crippen LogP contribution in [0.15, 0.2) is 0 Å². The number of hydrogen-bond acceptors (Lipinski definition) is 4. The lowest BCUT2D eigenvalue weighted by atomic mass is 9.87. The molecule has 2 heterocycles. The molecule has 2 saturated heterocycles. The highest BCUT2D eigenvalue weighted by Crippen LogP contribution is 2.30. The van der Waals surface area contributed by atoms with Gasteiger partial charge in [0, 0.05) is 6.61 Å². The van der Waals surface area contributed by atoms with Crippen LogP contribution < -0.4 is 5.32 Å². The second-order valence-corrected chi connectivity index (χ2v) is 8.28. The zero-order valence-corrected chi connectivity index (χ0v) is 12.8. The number of hydrogen-bond donors (Lipinski definition) is 1. The summed E-state index contributed by atoms with van der Waals surface area (Å²) in [5.41, 5.74) is 0. The number of sulfone groups is 1. The Hall–Kier alpha value is -0.130. The molecule has 0 aliphatic carbocycles. The van der Waals surface area contributed by atoms with Crippen molar-refractivity contribution in [2.24, 2.45) is 11.8 Å². The summed E-state index contributed by atoms with van der Waals surface area (Å²) in [5.74, 6) is 1.66. The Bertz CT molecular complexity index is 363. The third kappa shape index (κ3) is 4.72. The second kappa shape index (κ2) is 7.04. The van der Waals surface area contributed by atoms with Gasteiger partial charge < -0.3 is 10.1 Å². The molecule has 3 atom stereocenters. The van der Waals surface area contributed by atoms with E-state index in [1.165, 1.54) is 12.8 Å². The average molecular weight is 289 g/mol. The van der Waals surface area contributed by atoms with E-state index in [0.717, 1.165) is 38.8 Å². The Balaban J connectivity index is 1.75. The molecule has 0 saturated carbocycles. The molecule has 112 valence electrons. The zero-order chi connectivity index (χ0) is 13.7. The molecular weight excluding hydrogens is 262 g/mol. The van der Waals surface area contributed by atoms with E-state index in [2.05, 4.69) is 5.32 Å². The molecule has 5 heteroatoms. The molecule has 0 radical (unpaired) electrons. The lowest BCUT2D eigenvalue weighted by Crippen LogP contribution is -2.27. The van der Waals surface area contributed by atoms with E-state index in [1.54, 1.807) is 0 Å². The van der Waals surface area contributed by atoms with E-state index in [9.17, 15) is 8.42 Å². The van der Waals surface area contributed by atoms with Gasteiger partial charge in [-0.15, -0.1) is 0 Å². The first kappa shape index (κ1) is 15.3. The first-order valence-corrected chi connectivity index (χ1v) is 9.39. The van der Waals surface area contributed by atoms with Gasteiger partial charge in [-0.1, -0.05) is 6.42 Å². The van der Waals surface area contributed by atoms with Crippen molar-refractivity contribution in [2.75, 3.05) is 31.7 Å². The minimum Gasteiger partial charge on any atom is -0.378 e. The molecule has 3 unspecified atom stereocenters. The lowest BCUT2D eigenvalue weighted by molar-refractivity contribution is 0.0997. The van der Waals surface area contributed by atoms with Gasteiger partial charge in [0.25, 0.3) is 0 Å². The third-order valence-corrected chi connectivity index (χ3v) is 6.32. The molecule has 2 aliphatic rings. The standard InChI is InChI=1S/C14H27NO3S/c1-15-10-12(13-7-9-19(16,17)11-13)4-2-5-14-6-3-8-18-14/h12-15H,2-11H2,1H3. The first-order valence-electron chi connectivity index (χ1n) is 7.57. The first-order chi connectivity index (χ1) is 9.11. The maximum absolute atomic E-state index is 11.6. The summed E-state index contributed by atoms with van der Waals surface area (Å²) in [4.78, 5) is 0. The maximum Gasteiger partial charge on any atom is 0.150 e. The van der Waals surface area contributed by atoms with Gasteiger partial charge in [0.05, 0.1) is 17.6 Å². The predicted molar refractivity (Wildman–Crippen MR) is 77.0 cm³/mol. The highest BCUT2D eigenvalue weighted by Gasteiger charge is 2.33. The summed E-state index contributed by atoms with van der Waals surface area (Å²) in [6.45, 7) is 1.86. The van der Waals surface area contributed by atoms with Crippen molar-refractivity contribution in [1.82, 2.24) is 5.32 Å². The molecule has 0 spiro atoms. The largest absolute Gasteiger partial charge is 0.378 e. The lowest BCUT2D eigenvalue weighted by Gasteiger charge is -2.22. The Morgan fingerprint density at radius 3 is 2.79 bits per heavy atom. The Kier molecular flexibility index (Phi) is 5.66. The fourth-order valence-corrected chi connectivity index (χ4v) is 5.36. The molecule has 0 bridgehead atoms. The van der Waals surface area contributed by atoms with Gasteiger partial charge in [0.15, 0.2) is 9.84 Å². The van der Waals surface area contributed by atoms with Crippen LogP contribution in [-0.4, -0.2) is 46.2 Å². The molecule has 0 aromatic rings. The smallest absolute Gasteiger partial charge is 0.150 e. The van der Waals surface area contributed by atoms with Crippen LogP contribution in [0.1, 0.15) is 38.5 Å². The van der Waals surface area contributed by atoms with Crippen LogP contribution in [0.25, 0.3) is 0 Å². The average Bonchev–Trinajstić information content (AvgIpc) is 2.97. The summed E-state index contributed by atoms with van der Waals surface area (Å²) >= 11 is 0. The summed E-state index contributed by atoms with van der Waals surface area (Å²) in [7, 11) is -0.797. The van der Waals surface area contributed by atoms with Crippen LogP contribution in [0.3, 0.4) is 0 Å². The number of nitrogens with one attached hydrogen (secondary N) is 1. The van der Waals surface area contributed by atoms with Crippen molar-refractivity contribution in [3.63, 3.8) is 0 Å². The molecule has 0 amide bonds. The van der Waals surface area contributed by atoms with Gasteiger partial charge in [-0.05, 0) is 57.5 Å². The minimum atomic E-state index is -2.75. The fraction of sp³-hybridized carbons (Fsp3) is 1.00. The highest BCUT2D eigenvalue weighted by molar-refractivity contribution is 7.91. The van der Waals surface area contributed by atoms with Gasteiger partial charge >= 0.3 is 0 Å². The highest BCUT2D eigenvalue weighted by atomic mass is 32.2. The van der Waals surface area contributed by atoms with Crippen molar-refractivity contribution in [3.05, 3.63) is 0 Å². The molecule has 0 aromatic heterocycles. The van der Waals surface area contributed by atoms with E-state index in [0.29, 0.717) is 29.4 Å². The molecule has 0 aromatic carbocycles. The Morgan fingerprint density at radius 1 is 1.37 bits per heavy atom. The van der Waals surface area contributed by atoms with Crippen LogP contribution in [0.4, 0.5) is 0 Å². The van der Waals surface area contributed by atoms with Gasteiger partial charge in [-0.2, -0.15) is 0 Å². The normalized spacial score (nSPS) is 31.6. The van der Waals surface area contributed by atoms with E-state index < -0.39 is 9.84 Å². The third-order valence-electron chi connectivity index (χ3n) is 4.53. The van der Waals surface area contributed by atoms with Crippen LogP contribution in [0.2, 0.25) is 0 Å². The summed E-state index contributed by atoms with van der Waals surface area (Å²) < 4.78 is 28.8. The Morgan fingerprint density at radius 2 is 2.21 bits per heavy atom. The van der Waals surface area contributed by atoms with E-state index >= 15 is 0 Å². The topological polar surface area (TPSA) is 55.4 Å². The van der Waals surface area contributed by atoms with Gasteiger partial charge in [0.1, 0.15) is 0 Å². The number of rotatable bonds is 7. The van der Waals surface area contributed by atoms with Crippen molar-refractivity contribution in [3.8, 4) is 0 Å². The number of ether oxygens (including phenoxy) is 1. The Labute approximate surface area is 117 Å². The van der Waals surface area contributed by atoms with Crippen molar-refractivity contribution >= 4 is 9.84 Å². The van der Waals surface area contributed by atoms with Crippen molar-refractivity contribution in [1.29, 1.82) is 0 Å². The SMILES string of the molecule is CNCC(CCCC1CCCO1)C1CCS(=O)(=O)C1. The molecule has 2 aliphatic heterocycles. The van der Waals surface area contributed by atoms with Crippen LogP contribution in [0, 0.1) is 11.8 Å². The van der Waals surface area contributed by atoms with E-state index in [1.807, 2.05) is 7.05 Å². The molecular formula is C14H27NO3S. The van der Waals surface area contributed by atoms with Crippen LogP contribution in [-0.2, 0) is 14.6 Å². The van der Waals surface area contributed by atoms with Crippen molar-refractivity contribution in [2.45, 2.75) is 44.6 Å². The summed E-state index contributed by atoms with van der Waals surface area (Å²) in [5, 5.41) is 3.22.